The lowest BCUT2D eigenvalue weighted by molar-refractivity contribution is -0.160. The van der Waals surface area contributed by atoms with Gasteiger partial charge in [0.05, 0.1) is 5.02 Å². The van der Waals surface area contributed by atoms with E-state index in [0.717, 1.165) is 16.7 Å². The monoisotopic (exact) mass is 386 g/mol. The SMILES string of the molecule is CCc1cc(-c2ccc(Cl)c(F)c2)ccc1C1C(=O)[C@@H]2CC[C@@](C)(O2)C1=O. The van der Waals surface area contributed by atoms with Crippen LogP contribution >= 0.6 is 11.6 Å². The summed E-state index contributed by atoms with van der Waals surface area (Å²) in [6, 6.07) is 10.3. The summed E-state index contributed by atoms with van der Waals surface area (Å²) >= 11 is 5.77. The maximum absolute atomic E-state index is 13.8. The molecule has 0 N–H and O–H groups in total. The minimum atomic E-state index is -0.869. The molecule has 2 aliphatic heterocycles. The van der Waals surface area contributed by atoms with Gasteiger partial charge in [-0.1, -0.05) is 42.8 Å². The van der Waals surface area contributed by atoms with Crippen molar-refractivity contribution in [1.29, 1.82) is 0 Å². The molecule has 2 aromatic carbocycles. The molecule has 3 nitrogen and oxygen atoms in total. The summed E-state index contributed by atoms with van der Waals surface area (Å²) in [5, 5.41) is 0.0770. The van der Waals surface area contributed by atoms with Gasteiger partial charge in [0.15, 0.2) is 11.6 Å². The molecule has 2 heterocycles. The van der Waals surface area contributed by atoms with Crippen molar-refractivity contribution in [2.75, 3.05) is 0 Å². The molecule has 4 rings (SSSR count). The molecule has 0 amide bonds. The van der Waals surface area contributed by atoms with Gasteiger partial charge in [0.2, 0.25) is 0 Å². The van der Waals surface area contributed by atoms with Crippen molar-refractivity contribution in [1.82, 2.24) is 0 Å². The maximum Gasteiger partial charge on any atom is 0.179 e. The molecule has 0 aromatic heterocycles. The molecular formula is C22H20ClFO3. The lowest BCUT2D eigenvalue weighted by Crippen LogP contribution is -2.49. The number of halogens is 2. The summed E-state index contributed by atoms with van der Waals surface area (Å²) in [6.45, 7) is 3.76. The Morgan fingerprint density at radius 3 is 2.59 bits per heavy atom. The van der Waals surface area contributed by atoms with Gasteiger partial charge in [0.1, 0.15) is 23.4 Å². The summed E-state index contributed by atoms with van der Waals surface area (Å²) in [5.74, 6) is -1.55. The number of fused-ring (bicyclic) bond motifs is 2. The predicted octanol–water partition coefficient (Wildman–Crippen LogP) is 4.88. The van der Waals surface area contributed by atoms with E-state index in [9.17, 15) is 14.0 Å². The average molecular weight is 387 g/mol. The molecule has 0 spiro atoms. The van der Waals surface area contributed by atoms with Gasteiger partial charge in [-0.25, -0.2) is 4.39 Å². The third kappa shape index (κ3) is 2.91. The van der Waals surface area contributed by atoms with Crippen molar-refractivity contribution in [2.45, 2.75) is 50.7 Å². The van der Waals surface area contributed by atoms with Crippen molar-refractivity contribution in [3.8, 4) is 11.1 Å². The quantitative estimate of drug-likeness (QED) is 0.706. The van der Waals surface area contributed by atoms with Gasteiger partial charge >= 0.3 is 0 Å². The second kappa shape index (κ2) is 6.54. The first-order chi connectivity index (χ1) is 12.8. The Hall–Kier alpha value is -2.04. The molecule has 140 valence electrons. The molecule has 1 unspecified atom stereocenters. The van der Waals surface area contributed by atoms with Crippen molar-refractivity contribution in [3.63, 3.8) is 0 Å². The second-order valence-electron chi connectivity index (χ2n) is 7.47. The summed E-state index contributed by atoms with van der Waals surface area (Å²) in [4.78, 5) is 25.8. The van der Waals surface area contributed by atoms with Gasteiger partial charge < -0.3 is 4.74 Å². The van der Waals surface area contributed by atoms with Crippen molar-refractivity contribution < 1.29 is 18.7 Å². The number of ether oxygens (including phenoxy) is 1. The molecule has 0 aliphatic carbocycles. The van der Waals surface area contributed by atoms with Crippen LogP contribution in [0.5, 0.6) is 0 Å². The van der Waals surface area contributed by atoms with Crippen LogP contribution < -0.4 is 0 Å². The van der Waals surface area contributed by atoms with Crippen LogP contribution in [0.4, 0.5) is 4.39 Å². The van der Waals surface area contributed by atoms with Crippen LogP contribution in [-0.4, -0.2) is 23.3 Å². The van der Waals surface area contributed by atoms with E-state index in [4.69, 9.17) is 16.3 Å². The minimum Gasteiger partial charge on any atom is -0.356 e. The fourth-order valence-electron chi connectivity index (χ4n) is 4.18. The number of hydrogen-bond acceptors (Lipinski definition) is 3. The van der Waals surface area contributed by atoms with Crippen molar-refractivity contribution >= 4 is 23.2 Å². The van der Waals surface area contributed by atoms with E-state index >= 15 is 0 Å². The zero-order valence-corrected chi connectivity index (χ0v) is 16.0. The number of ketones is 2. The number of benzene rings is 2. The molecule has 0 saturated carbocycles. The molecule has 2 aromatic rings. The van der Waals surface area contributed by atoms with Crippen LogP contribution in [0.3, 0.4) is 0 Å². The third-order valence-corrected chi connectivity index (χ3v) is 6.07. The summed E-state index contributed by atoms with van der Waals surface area (Å²) in [6.07, 6.45) is 1.36. The van der Waals surface area contributed by atoms with Crippen LogP contribution in [-0.2, 0) is 20.7 Å². The van der Waals surface area contributed by atoms with Crippen LogP contribution in [0.1, 0.15) is 43.7 Å². The molecule has 2 aliphatic rings. The molecular weight excluding hydrogens is 367 g/mol. The normalized spacial score (nSPS) is 27.3. The first kappa shape index (κ1) is 18.3. The fourth-order valence-corrected chi connectivity index (χ4v) is 4.30. The minimum absolute atomic E-state index is 0.0770. The Bertz CT molecular complexity index is 955. The molecule has 3 atom stereocenters. The van der Waals surface area contributed by atoms with Gasteiger partial charge in [0.25, 0.3) is 0 Å². The lowest BCUT2D eigenvalue weighted by atomic mass is 9.78. The Balaban J connectivity index is 1.77. The topological polar surface area (TPSA) is 43.4 Å². The number of carbonyl (C=O) groups is 2. The van der Waals surface area contributed by atoms with E-state index in [2.05, 4.69) is 0 Å². The molecule has 27 heavy (non-hydrogen) atoms. The number of hydrogen-bond donors (Lipinski definition) is 0. The number of rotatable bonds is 3. The fraction of sp³-hybridized carbons (Fsp3) is 0.364. The molecule has 2 saturated heterocycles. The van der Waals surface area contributed by atoms with Crippen LogP contribution in [0.2, 0.25) is 5.02 Å². The molecule has 0 radical (unpaired) electrons. The van der Waals surface area contributed by atoms with Gasteiger partial charge in [-0.3, -0.25) is 9.59 Å². The molecule has 5 heteroatoms. The summed E-state index contributed by atoms with van der Waals surface area (Å²) < 4.78 is 19.5. The second-order valence-corrected chi connectivity index (χ2v) is 7.88. The van der Waals surface area contributed by atoms with E-state index in [0.29, 0.717) is 24.8 Å². The summed E-state index contributed by atoms with van der Waals surface area (Å²) in [7, 11) is 0. The Labute approximate surface area is 162 Å². The number of carbonyl (C=O) groups excluding carboxylic acids is 2. The molecule has 2 bridgehead atoms. The highest BCUT2D eigenvalue weighted by atomic mass is 35.5. The molecule has 2 fully saturated rings. The van der Waals surface area contributed by atoms with E-state index in [1.54, 1.807) is 13.0 Å². The van der Waals surface area contributed by atoms with Gasteiger partial charge in [-0.2, -0.15) is 0 Å². The van der Waals surface area contributed by atoms with E-state index in [1.165, 1.54) is 12.1 Å². The summed E-state index contributed by atoms with van der Waals surface area (Å²) in [5.41, 5.74) is 2.32. The van der Waals surface area contributed by atoms with Crippen LogP contribution in [0, 0.1) is 5.82 Å². The lowest BCUT2D eigenvalue weighted by Gasteiger charge is -2.34. The highest BCUT2D eigenvalue weighted by Crippen LogP contribution is 2.44. The first-order valence-electron chi connectivity index (χ1n) is 9.18. The van der Waals surface area contributed by atoms with Crippen LogP contribution in [0.15, 0.2) is 36.4 Å². The highest BCUT2D eigenvalue weighted by Gasteiger charge is 2.55. The van der Waals surface area contributed by atoms with Crippen molar-refractivity contribution in [3.05, 3.63) is 58.4 Å². The maximum atomic E-state index is 13.8. The van der Waals surface area contributed by atoms with Crippen LogP contribution in [0.25, 0.3) is 11.1 Å². The highest BCUT2D eigenvalue weighted by molar-refractivity contribution is 6.30. The van der Waals surface area contributed by atoms with E-state index in [-0.39, 0.29) is 16.6 Å². The van der Waals surface area contributed by atoms with E-state index < -0.39 is 23.4 Å². The Morgan fingerprint density at radius 2 is 1.89 bits per heavy atom. The smallest absolute Gasteiger partial charge is 0.179 e. The number of Topliss-reactive ketones (excluding diaryl/α,β-unsaturated/α-hetero) is 2. The number of aryl methyl sites for hydroxylation is 1. The average Bonchev–Trinajstić information content (AvgIpc) is 3.04. The third-order valence-electron chi connectivity index (χ3n) is 5.76. The van der Waals surface area contributed by atoms with Gasteiger partial charge in [-0.05, 0) is 60.6 Å². The Kier molecular flexibility index (Phi) is 4.44. The largest absolute Gasteiger partial charge is 0.356 e. The van der Waals surface area contributed by atoms with Crippen molar-refractivity contribution in [2.24, 2.45) is 0 Å². The van der Waals surface area contributed by atoms with Gasteiger partial charge in [-0.15, -0.1) is 0 Å². The first-order valence-corrected chi connectivity index (χ1v) is 9.56. The predicted molar refractivity (Wildman–Crippen MR) is 101 cm³/mol. The van der Waals surface area contributed by atoms with Gasteiger partial charge in [0, 0.05) is 0 Å². The van der Waals surface area contributed by atoms with E-state index in [1.807, 2.05) is 25.1 Å². The zero-order chi connectivity index (χ0) is 19.3. The Morgan fingerprint density at radius 1 is 1.19 bits per heavy atom. The standard InChI is InChI=1S/C22H20ClFO3/c1-3-12-10-13(14-5-7-16(23)17(24)11-14)4-6-15(12)19-20(25)18-8-9-22(2,27-18)21(19)26/h4-7,10-11,18-19H,3,8-9H2,1-2H3/t18-,19?,22+/m0/s1. The zero-order valence-electron chi connectivity index (χ0n) is 15.2.